The van der Waals surface area contributed by atoms with Crippen molar-refractivity contribution in [2.24, 2.45) is 0 Å². The van der Waals surface area contributed by atoms with Crippen LogP contribution in [0.3, 0.4) is 0 Å². The maximum atomic E-state index is 11.3. The molecule has 1 aromatic rings. The highest BCUT2D eigenvalue weighted by atomic mass is 79.9. The molecular weight excluding hydrogens is 266 g/mol. The van der Waals surface area contributed by atoms with E-state index in [0.29, 0.717) is 4.47 Å². The molecule has 82 valence electrons. The second-order valence-electron chi connectivity index (χ2n) is 3.09. The Balaban J connectivity index is 2.76. The lowest BCUT2D eigenvalue weighted by Gasteiger charge is -2.10. The maximum Gasteiger partial charge on any atom is 0.306 e. The Kier molecular flexibility index (Phi) is 4.05. The summed E-state index contributed by atoms with van der Waals surface area (Å²) in [4.78, 5) is 21.6. The Bertz CT molecular complexity index is 415. The van der Waals surface area contributed by atoms with Crippen molar-refractivity contribution in [3.05, 3.63) is 33.2 Å². The van der Waals surface area contributed by atoms with Gasteiger partial charge in [-0.3, -0.25) is 9.59 Å². The molecule has 1 unspecified atom stereocenters. The smallest absolute Gasteiger partial charge is 0.306 e. The van der Waals surface area contributed by atoms with Gasteiger partial charge in [-0.1, -0.05) is 0 Å². The summed E-state index contributed by atoms with van der Waals surface area (Å²) in [7, 11) is 0. The average molecular weight is 276 g/mol. The number of carbonyl (C=O) groups is 1. The first kappa shape index (κ1) is 11.9. The fourth-order valence-electron chi connectivity index (χ4n) is 1.14. The minimum atomic E-state index is -1.09. The van der Waals surface area contributed by atoms with Gasteiger partial charge in [-0.15, -0.1) is 0 Å². The molecule has 0 saturated carbocycles. The number of aromatic nitrogens is 1. The van der Waals surface area contributed by atoms with Crippen LogP contribution in [0.5, 0.6) is 0 Å². The summed E-state index contributed by atoms with van der Waals surface area (Å²) in [6.45, 7) is -0.0232. The van der Waals surface area contributed by atoms with Crippen molar-refractivity contribution in [1.29, 1.82) is 0 Å². The van der Waals surface area contributed by atoms with Crippen LogP contribution in [0.15, 0.2) is 27.6 Å². The summed E-state index contributed by atoms with van der Waals surface area (Å²) >= 11 is 3.18. The molecule has 0 saturated heterocycles. The number of aliphatic hydroxyl groups is 1. The van der Waals surface area contributed by atoms with Crippen LogP contribution in [0.2, 0.25) is 0 Å². The minimum Gasteiger partial charge on any atom is -0.481 e. The molecule has 0 aliphatic rings. The Morgan fingerprint density at radius 3 is 2.80 bits per heavy atom. The van der Waals surface area contributed by atoms with Crippen LogP contribution < -0.4 is 5.56 Å². The van der Waals surface area contributed by atoms with Crippen molar-refractivity contribution in [3.8, 4) is 0 Å². The number of aliphatic hydroxyl groups excluding tert-OH is 1. The first-order valence-corrected chi connectivity index (χ1v) is 5.04. The summed E-state index contributed by atoms with van der Waals surface area (Å²) in [5, 5.41) is 17.8. The molecule has 0 fully saturated rings. The van der Waals surface area contributed by atoms with E-state index >= 15 is 0 Å². The monoisotopic (exact) mass is 275 g/mol. The van der Waals surface area contributed by atoms with Gasteiger partial charge in [-0.05, 0) is 22.0 Å². The summed E-state index contributed by atoms with van der Waals surface area (Å²) in [5.74, 6) is -1.09. The summed E-state index contributed by atoms with van der Waals surface area (Å²) in [6, 6.07) is 2.93. The van der Waals surface area contributed by atoms with Gasteiger partial charge in [0, 0.05) is 16.7 Å². The summed E-state index contributed by atoms with van der Waals surface area (Å²) in [5.41, 5.74) is -0.275. The lowest BCUT2D eigenvalue weighted by Crippen LogP contribution is -2.27. The Morgan fingerprint density at radius 2 is 2.20 bits per heavy atom. The van der Waals surface area contributed by atoms with E-state index in [4.69, 9.17) is 5.11 Å². The van der Waals surface area contributed by atoms with Gasteiger partial charge in [0.05, 0.1) is 19.1 Å². The molecule has 15 heavy (non-hydrogen) atoms. The molecule has 0 aliphatic carbocycles. The van der Waals surface area contributed by atoms with Crippen molar-refractivity contribution < 1.29 is 15.0 Å². The first-order chi connectivity index (χ1) is 6.99. The normalized spacial score (nSPS) is 12.4. The zero-order valence-corrected chi connectivity index (χ0v) is 9.35. The number of nitrogens with zero attached hydrogens (tertiary/aromatic N) is 1. The van der Waals surface area contributed by atoms with Crippen molar-refractivity contribution in [2.75, 3.05) is 0 Å². The molecule has 0 amide bonds. The molecule has 0 radical (unpaired) electrons. The molecule has 0 bridgehead atoms. The molecule has 1 rings (SSSR count). The molecule has 1 heterocycles. The highest BCUT2D eigenvalue weighted by Crippen LogP contribution is 2.05. The number of hydrogen-bond donors (Lipinski definition) is 2. The van der Waals surface area contributed by atoms with E-state index in [9.17, 15) is 14.7 Å². The van der Waals surface area contributed by atoms with E-state index in [1.54, 1.807) is 6.07 Å². The van der Waals surface area contributed by atoms with E-state index in [1.165, 1.54) is 16.8 Å². The van der Waals surface area contributed by atoms with Gasteiger partial charge in [0.25, 0.3) is 5.56 Å². The molecular formula is C9H10BrNO4. The largest absolute Gasteiger partial charge is 0.481 e. The number of aliphatic carboxylic acids is 1. The number of carboxylic acid groups (broad SMARTS) is 1. The van der Waals surface area contributed by atoms with Gasteiger partial charge < -0.3 is 14.8 Å². The molecule has 1 aromatic heterocycles. The van der Waals surface area contributed by atoms with Gasteiger partial charge in [0.2, 0.25) is 0 Å². The van der Waals surface area contributed by atoms with Crippen LogP contribution in [-0.2, 0) is 11.3 Å². The minimum absolute atomic E-state index is 0.0232. The third-order valence-electron chi connectivity index (χ3n) is 1.77. The second kappa shape index (κ2) is 5.09. The van der Waals surface area contributed by atoms with E-state index in [-0.39, 0.29) is 18.5 Å². The number of rotatable bonds is 4. The first-order valence-electron chi connectivity index (χ1n) is 4.25. The Labute approximate surface area is 94.1 Å². The van der Waals surface area contributed by atoms with E-state index in [2.05, 4.69) is 15.9 Å². The van der Waals surface area contributed by atoms with Gasteiger partial charge in [-0.25, -0.2) is 0 Å². The average Bonchev–Trinajstić information content (AvgIpc) is 2.10. The molecule has 0 aliphatic heterocycles. The van der Waals surface area contributed by atoms with Crippen LogP contribution in [0.25, 0.3) is 0 Å². The predicted molar refractivity (Wildman–Crippen MR) is 56.7 cm³/mol. The Morgan fingerprint density at radius 1 is 1.53 bits per heavy atom. The second-order valence-corrected chi connectivity index (χ2v) is 4.01. The van der Waals surface area contributed by atoms with E-state index in [0.717, 1.165) is 0 Å². The van der Waals surface area contributed by atoms with Crippen LogP contribution in [0.1, 0.15) is 6.42 Å². The number of carboxylic acids is 1. The fraction of sp³-hybridized carbons (Fsp3) is 0.333. The Hall–Kier alpha value is -1.14. The number of hydrogen-bond acceptors (Lipinski definition) is 3. The fourth-order valence-corrected chi connectivity index (χ4v) is 1.52. The standard InChI is InChI=1S/C9H10BrNO4/c10-6-1-2-8(13)11(4-6)5-7(12)3-9(14)15/h1-2,4,7,12H,3,5H2,(H,14,15). The third kappa shape index (κ3) is 3.85. The van der Waals surface area contributed by atoms with Gasteiger partial charge in [0.15, 0.2) is 0 Å². The topological polar surface area (TPSA) is 79.5 Å². The van der Waals surface area contributed by atoms with Gasteiger partial charge in [0.1, 0.15) is 0 Å². The van der Waals surface area contributed by atoms with Gasteiger partial charge in [-0.2, -0.15) is 0 Å². The zero-order chi connectivity index (χ0) is 11.4. The molecule has 0 aromatic carbocycles. The van der Waals surface area contributed by atoms with Crippen LogP contribution in [0, 0.1) is 0 Å². The molecule has 1 atom stereocenters. The molecule has 2 N–H and O–H groups in total. The quantitative estimate of drug-likeness (QED) is 0.836. The lowest BCUT2D eigenvalue weighted by atomic mass is 10.2. The lowest BCUT2D eigenvalue weighted by molar-refractivity contribution is -0.139. The maximum absolute atomic E-state index is 11.3. The van der Waals surface area contributed by atoms with E-state index < -0.39 is 12.1 Å². The van der Waals surface area contributed by atoms with E-state index in [1.807, 2.05) is 0 Å². The molecule has 5 nitrogen and oxygen atoms in total. The van der Waals surface area contributed by atoms with Crippen LogP contribution in [-0.4, -0.2) is 26.9 Å². The molecule has 0 spiro atoms. The van der Waals surface area contributed by atoms with Crippen LogP contribution >= 0.6 is 15.9 Å². The SMILES string of the molecule is O=C(O)CC(O)Cn1cc(Br)ccc1=O. The summed E-state index contributed by atoms with van der Waals surface area (Å²) < 4.78 is 1.96. The van der Waals surface area contributed by atoms with Crippen LogP contribution in [0.4, 0.5) is 0 Å². The predicted octanol–water partition coefficient (Wildman–Crippen LogP) is 0.446. The van der Waals surface area contributed by atoms with Crippen molar-refractivity contribution >= 4 is 21.9 Å². The van der Waals surface area contributed by atoms with Crippen molar-refractivity contribution in [3.63, 3.8) is 0 Å². The molecule has 6 heteroatoms. The third-order valence-corrected chi connectivity index (χ3v) is 2.23. The van der Waals surface area contributed by atoms with Crippen molar-refractivity contribution in [2.45, 2.75) is 19.1 Å². The zero-order valence-electron chi connectivity index (χ0n) is 7.76. The highest BCUT2D eigenvalue weighted by molar-refractivity contribution is 9.10. The highest BCUT2D eigenvalue weighted by Gasteiger charge is 2.10. The number of pyridine rings is 1. The summed E-state index contributed by atoms with van der Waals surface area (Å²) in [6.07, 6.45) is 0.0707. The number of halogens is 1. The van der Waals surface area contributed by atoms with Gasteiger partial charge >= 0.3 is 5.97 Å². The van der Waals surface area contributed by atoms with Crippen molar-refractivity contribution in [1.82, 2.24) is 4.57 Å².